The second-order valence-corrected chi connectivity index (χ2v) is 5.52. The highest BCUT2D eigenvalue weighted by Crippen LogP contribution is 2.38. The molecule has 17 heavy (non-hydrogen) atoms. The van der Waals surface area contributed by atoms with Crippen molar-refractivity contribution in [1.29, 1.82) is 0 Å². The van der Waals surface area contributed by atoms with Gasteiger partial charge in [-0.1, -0.05) is 19.1 Å². The molecule has 1 aromatic rings. The average Bonchev–Trinajstić information content (AvgIpc) is 2.34. The number of hydrogen-bond donors (Lipinski definition) is 1. The first kappa shape index (κ1) is 12.4. The Hall–Kier alpha value is -1.02. The lowest BCUT2D eigenvalue weighted by Crippen LogP contribution is -2.40. The van der Waals surface area contributed by atoms with Gasteiger partial charge in [0.1, 0.15) is 5.75 Å². The first-order valence-corrected chi connectivity index (χ1v) is 6.49. The SMILES string of the molecule is COc1cc(C2(N)CCC(C)CC2)ccc1C. The highest BCUT2D eigenvalue weighted by molar-refractivity contribution is 5.39. The molecule has 0 aliphatic heterocycles. The molecule has 2 N–H and O–H groups in total. The van der Waals surface area contributed by atoms with Crippen molar-refractivity contribution in [2.75, 3.05) is 7.11 Å². The van der Waals surface area contributed by atoms with Crippen molar-refractivity contribution in [3.8, 4) is 5.75 Å². The zero-order chi connectivity index (χ0) is 12.5. The minimum atomic E-state index is -0.145. The molecule has 0 bridgehead atoms. The van der Waals surface area contributed by atoms with E-state index in [1.54, 1.807) is 7.11 Å². The third kappa shape index (κ3) is 2.47. The van der Waals surface area contributed by atoms with Gasteiger partial charge in [-0.15, -0.1) is 0 Å². The van der Waals surface area contributed by atoms with Gasteiger partial charge in [-0.25, -0.2) is 0 Å². The normalized spacial score (nSPS) is 29.1. The molecule has 0 radical (unpaired) electrons. The lowest BCUT2D eigenvalue weighted by molar-refractivity contribution is 0.247. The van der Waals surface area contributed by atoms with Crippen LogP contribution < -0.4 is 10.5 Å². The third-order valence-corrected chi connectivity index (χ3v) is 4.15. The van der Waals surface area contributed by atoms with Gasteiger partial charge >= 0.3 is 0 Å². The van der Waals surface area contributed by atoms with Crippen molar-refractivity contribution in [1.82, 2.24) is 0 Å². The molecule has 0 spiro atoms. The Bertz CT molecular complexity index is 392. The predicted molar refractivity (Wildman–Crippen MR) is 71.2 cm³/mol. The van der Waals surface area contributed by atoms with Crippen LogP contribution in [0.4, 0.5) is 0 Å². The summed E-state index contributed by atoms with van der Waals surface area (Å²) >= 11 is 0. The molecule has 0 amide bonds. The van der Waals surface area contributed by atoms with Crippen LogP contribution in [0.3, 0.4) is 0 Å². The molecule has 0 aromatic heterocycles. The number of nitrogens with two attached hydrogens (primary N) is 1. The Morgan fingerprint density at radius 3 is 2.53 bits per heavy atom. The van der Waals surface area contributed by atoms with E-state index < -0.39 is 0 Å². The lowest BCUT2D eigenvalue weighted by atomic mass is 9.74. The quantitative estimate of drug-likeness (QED) is 0.850. The van der Waals surface area contributed by atoms with E-state index in [2.05, 4.69) is 32.0 Å². The van der Waals surface area contributed by atoms with E-state index in [1.165, 1.54) is 24.0 Å². The fourth-order valence-corrected chi connectivity index (χ4v) is 2.70. The first-order chi connectivity index (χ1) is 8.05. The molecule has 0 saturated heterocycles. The van der Waals surface area contributed by atoms with Crippen LogP contribution in [0.5, 0.6) is 5.75 Å². The second-order valence-electron chi connectivity index (χ2n) is 5.52. The van der Waals surface area contributed by atoms with Gasteiger partial charge < -0.3 is 10.5 Å². The van der Waals surface area contributed by atoms with Gasteiger partial charge in [0.25, 0.3) is 0 Å². The van der Waals surface area contributed by atoms with Gasteiger partial charge in [0.05, 0.1) is 7.11 Å². The standard InChI is InChI=1S/C15H23NO/c1-11-6-8-15(16,9-7-11)13-5-4-12(2)14(10-13)17-3/h4-5,10-11H,6-9,16H2,1-3H3. The van der Waals surface area contributed by atoms with Crippen LogP contribution in [0, 0.1) is 12.8 Å². The van der Waals surface area contributed by atoms with Crippen LogP contribution >= 0.6 is 0 Å². The highest BCUT2D eigenvalue weighted by atomic mass is 16.5. The highest BCUT2D eigenvalue weighted by Gasteiger charge is 2.32. The molecule has 2 heteroatoms. The lowest BCUT2D eigenvalue weighted by Gasteiger charge is -2.36. The maximum Gasteiger partial charge on any atom is 0.122 e. The van der Waals surface area contributed by atoms with Crippen molar-refractivity contribution in [3.05, 3.63) is 29.3 Å². The van der Waals surface area contributed by atoms with E-state index in [-0.39, 0.29) is 5.54 Å². The number of aryl methyl sites for hydroxylation is 1. The van der Waals surface area contributed by atoms with Crippen LogP contribution in [0.15, 0.2) is 18.2 Å². The van der Waals surface area contributed by atoms with Gasteiger partial charge in [0.2, 0.25) is 0 Å². The fourth-order valence-electron chi connectivity index (χ4n) is 2.70. The molecule has 2 rings (SSSR count). The molecule has 2 nitrogen and oxygen atoms in total. The summed E-state index contributed by atoms with van der Waals surface area (Å²) in [5.74, 6) is 1.77. The van der Waals surface area contributed by atoms with Crippen LogP contribution in [-0.4, -0.2) is 7.11 Å². The fraction of sp³-hybridized carbons (Fsp3) is 0.600. The molecule has 1 saturated carbocycles. The zero-order valence-electron chi connectivity index (χ0n) is 11.1. The Labute approximate surface area is 104 Å². The summed E-state index contributed by atoms with van der Waals surface area (Å²) in [5, 5.41) is 0. The number of ether oxygens (including phenoxy) is 1. The summed E-state index contributed by atoms with van der Waals surface area (Å²) in [4.78, 5) is 0. The average molecular weight is 233 g/mol. The summed E-state index contributed by atoms with van der Waals surface area (Å²) in [6.07, 6.45) is 4.63. The van der Waals surface area contributed by atoms with Gasteiger partial charge in [0, 0.05) is 5.54 Å². The van der Waals surface area contributed by atoms with Gasteiger partial charge in [-0.3, -0.25) is 0 Å². The summed E-state index contributed by atoms with van der Waals surface area (Å²) in [6, 6.07) is 6.39. The van der Waals surface area contributed by atoms with Gasteiger partial charge in [-0.05, 0) is 55.7 Å². The minimum absolute atomic E-state index is 0.145. The monoisotopic (exact) mass is 233 g/mol. The summed E-state index contributed by atoms with van der Waals surface area (Å²) in [7, 11) is 1.72. The largest absolute Gasteiger partial charge is 0.496 e. The van der Waals surface area contributed by atoms with E-state index in [4.69, 9.17) is 10.5 Å². The second kappa shape index (κ2) is 4.69. The summed E-state index contributed by atoms with van der Waals surface area (Å²) in [6.45, 7) is 4.38. The van der Waals surface area contributed by atoms with Crippen molar-refractivity contribution in [2.45, 2.75) is 45.1 Å². The topological polar surface area (TPSA) is 35.2 Å². The molecule has 1 fully saturated rings. The number of rotatable bonds is 2. The maximum absolute atomic E-state index is 6.56. The maximum atomic E-state index is 6.56. The van der Waals surface area contributed by atoms with E-state index >= 15 is 0 Å². The van der Waals surface area contributed by atoms with Crippen LogP contribution in [0.1, 0.15) is 43.7 Å². The van der Waals surface area contributed by atoms with Crippen LogP contribution in [0.25, 0.3) is 0 Å². The summed E-state index contributed by atoms with van der Waals surface area (Å²) in [5.41, 5.74) is 8.81. The van der Waals surface area contributed by atoms with E-state index in [9.17, 15) is 0 Å². The molecule has 1 aromatic carbocycles. The molecular formula is C15H23NO. The van der Waals surface area contributed by atoms with E-state index in [1.807, 2.05) is 0 Å². The Kier molecular flexibility index (Phi) is 3.43. The minimum Gasteiger partial charge on any atom is -0.496 e. The molecule has 1 aliphatic carbocycles. The van der Waals surface area contributed by atoms with Crippen molar-refractivity contribution < 1.29 is 4.74 Å². The predicted octanol–water partition coefficient (Wildman–Crippen LogP) is 3.37. The van der Waals surface area contributed by atoms with E-state index in [0.717, 1.165) is 24.5 Å². The van der Waals surface area contributed by atoms with Crippen molar-refractivity contribution in [2.24, 2.45) is 11.7 Å². The zero-order valence-corrected chi connectivity index (χ0v) is 11.1. The van der Waals surface area contributed by atoms with Crippen LogP contribution in [0.2, 0.25) is 0 Å². The van der Waals surface area contributed by atoms with Gasteiger partial charge in [-0.2, -0.15) is 0 Å². The molecule has 94 valence electrons. The smallest absolute Gasteiger partial charge is 0.122 e. The summed E-state index contributed by atoms with van der Waals surface area (Å²) < 4.78 is 5.39. The van der Waals surface area contributed by atoms with Crippen LogP contribution in [-0.2, 0) is 5.54 Å². The number of hydrogen-bond acceptors (Lipinski definition) is 2. The molecule has 0 atom stereocenters. The number of methoxy groups -OCH3 is 1. The molecular weight excluding hydrogens is 210 g/mol. The molecule has 0 unspecified atom stereocenters. The first-order valence-electron chi connectivity index (χ1n) is 6.49. The molecule has 1 aliphatic rings. The molecule has 0 heterocycles. The van der Waals surface area contributed by atoms with Crippen molar-refractivity contribution in [3.63, 3.8) is 0 Å². The van der Waals surface area contributed by atoms with Gasteiger partial charge in [0.15, 0.2) is 0 Å². The Balaban J connectivity index is 2.27. The Morgan fingerprint density at radius 1 is 1.29 bits per heavy atom. The van der Waals surface area contributed by atoms with Crippen molar-refractivity contribution >= 4 is 0 Å². The third-order valence-electron chi connectivity index (χ3n) is 4.15. The number of benzene rings is 1. The van der Waals surface area contributed by atoms with E-state index in [0.29, 0.717) is 0 Å². The Morgan fingerprint density at radius 2 is 1.94 bits per heavy atom.